The number of nitrogens with zero attached hydrogens (tertiary/aromatic N) is 3. The van der Waals surface area contributed by atoms with Crippen molar-refractivity contribution in [3.8, 4) is 22.3 Å². The lowest BCUT2D eigenvalue weighted by atomic mass is 9.99. The zero-order valence-electron chi connectivity index (χ0n) is 24.2. The molecule has 210 valence electrons. The van der Waals surface area contributed by atoms with Gasteiger partial charge < -0.3 is 9.80 Å². The SMILES string of the molecule is c1ccc(N(c2ccccc2)c2ccc(-c3ccc(-c4ccc(N(c5ccccc5)c5cccnc5)cc4)cc3)cc2)cc1. The van der Waals surface area contributed by atoms with Crippen LogP contribution in [-0.2, 0) is 0 Å². The maximum absolute atomic E-state index is 4.35. The van der Waals surface area contributed by atoms with Gasteiger partial charge in [0, 0.05) is 34.6 Å². The molecule has 1 aromatic heterocycles. The molecule has 0 radical (unpaired) electrons. The Morgan fingerprint density at radius 2 is 0.568 bits per heavy atom. The van der Waals surface area contributed by atoms with E-state index in [-0.39, 0.29) is 0 Å². The number of rotatable bonds is 8. The molecule has 0 atom stereocenters. The molecule has 0 bridgehead atoms. The van der Waals surface area contributed by atoms with Gasteiger partial charge in [-0.25, -0.2) is 0 Å². The zero-order chi connectivity index (χ0) is 29.6. The molecule has 7 aromatic rings. The van der Waals surface area contributed by atoms with Crippen LogP contribution in [0.15, 0.2) is 188 Å². The molecule has 0 amide bonds. The van der Waals surface area contributed by atoms with E-state index in [9.17, 15) is 0 Å². The first-order valence-electron chi connectivity index (χ1n) is 14.8. The van der Waals surface area contributed by atoms with E-state index in [1.54, 1.807) is 6.20 Å². The molecule has 0 fully saturated rings. The Balaban J connectivity index is 1.12. The molecule has 3 heteroatoms. The third-order valence-corrected chi connectivity index (χ3v) is 7.75. The fourth-order valence-electron chi connectivity index (χ4n) is 5.57. The summed E-state index contributed by atoms with van der Waals surface area (Å²) in [6, 6.07) is 61.8. The van der Waals surface area contributed by atoms with Crippen LogP contribution < -0.4 is 9.80 Å². The summed E-state index contributed by atoms with van der Waals surface area (Å²) < 4.78 is 0. The van der Waals surface area contributed by atoms with Gasteiger partial charge >= 0.3 is 0 Å². The normalized spacial score (nSPS) is 10.7. The van der Waals surface area contributed by atoms with Crippen molar-refractivity contribution in [2.45, 2.75) is 0 Å². The summed E-state index contributed by atoms with van der Waals surface area (Å²) in [5, 5.41) is 0. The molecule has 0 aliphatic carbocycles. The summed E-state index contributed by atoms with van der Waals surface area (Å²) in [5.41, 5.74) is 11.3. The quantitative estimate of drug-likeness (QED) is 0.183. The minimum atomic E-state index is 1.03. The second-order valence-electron chi connectivity index (χ2n) is 10.6. The van der Waals surface area contributed by atoms with Crippen LogP contribution in [0.2, 0.25) is 0 Å². The molecular weight excluding hydrogens is 534 g/mol. The van der Waals surface area contributed by atoms with E-state index in [4.69, 9.17) is 0 Å². The zero-order valence-corrected chi connectivity index (χ0v) is 24.2. The average Bonchev–Trinajstić information content (AvgIpc) is 3.11. The maximum Gasteiger partial charge on any atom is 0.0644 e. The molecule has 0 aliphatic rings. The topological polar surface area (TPSA) is 19.4 Å². The van der Waals surface area contributed by atoms with Crippen molar-refractivity contribution in [1.82, 2.24) is 4.98 Å². The number of benzene rings is 6. The number of pyridine rings is 1. The predicted molar refractivity (Wildman–Crippen MR) is 184 cm³/mol. The molecule has 7 rings (SSSR count). The largest absolute Gasteiger partial charge is 0.311 e. The highest BCUT2D eigenvalue weighted by Crippen LogP contribution is 2.37. The first kappa shape index (κ1) is 26.9. The molecule has 44 heavy (non-hydrogen) atoms. The van der Waals surface area contributed by atoms with Crippen LogP contribution >= 0.6 is 0 Å². The van der Waals surface area contributed by atoms with Crippen molar-refractivity contribution in [3.05, 3.63) is 188 Å². The van der Waals surface area contributed by atoms with Crippen molar-refractivity contribution < 1.29 is 0 Å². The summed E-state index contributed by atoms with van der Waals surface area (Å²) >= 11 is 0. The van der Waals surface area contributed by atoms with E-state index in [0.29, 0.717) is 0 Å². The van der Waals surface area contributed by atoms with Gasteiger partial charge in [0.15, 0.2) is 0 Å². The average molecular weight is 566 g/mol. The van der Waals surface area contributed by atoms with Gasteiger partial charge in [-0.2, -0.15) is 0 Å². The van der Waals surface area contributed by atoms with Crippen molar-refractivity contribution in [2.24, 2.45) is 0 Å². The number of hydrogen-bond acceptors (Lipinski definition) is 3. The Morgan fingerprint density at radius 1 is 0.273 bits per heavy atom. The van der Waals surface area contributed by atoms with Crippen LogP contribution in [0, 0.1) is 0 Å². The minimum Gasteiger partial charge on any atom is -0.311 e. The minimum absolute atomic E-state index is 1.03. The summed E-state index contributed by atoms with van der Waals surface area (Å²) in [6.07, 6.45) is 3.70. The monoisotopic (exact) mass is 565 g/mol. The lowest BCUT2D eigenvalue weighted by Gasteiger charge is -2.25. The van der Waals surface area contributed by atoms with Gasteiger partial charge in [-0.15, -0.1) is 0 Å². The fourth-order valence-corrected chi connectivity index (χ4v) is 5.57. The van der Waals surface area contributed by atoms with Crippen LogP contribution in [0.3, 0.4) is 0 Å². The summed E-state index contributed by atoms with van der Waals surface area (Å²) in [4.78, 5) is 8.86. The van der Waals surface area contributed by atoms with Crippen molar-refractivity contribution in [2.75, 3.05) is 9.80 Å². The second kappa shape index (κ2) is 12.5. The predicted octanol–water partition coefficient (Wildman–Crippen LogP) is 11.4. The molecule has 1 heterocycles. The lowest BCUT2D eigenvalue weighted by molar-refractivity contribution is 1.23. The highest BCUT2D eigenvalue weighted by atomic mass is 15.1. The molecule has 0 saturated heterocycles. The second-order valence-corrected chi connectivity index (χ2v) is 10.6. The van der Waals surface area contributed by atoms with Crippen molar-refractivity contribution >= 4 is 34.1 Å². The van der Waals surface area contributed by atoms with Crippen LogP contribution in [0.5, 0.6) is 0 Å². The maximum atomic E-state index is 4.35. The van der Waals surface area contributed by atoms with E-state index in [2.05, 4.69) is 179 Å². The molecule has 3 nitrogen and oxygen atoms in total. The van der Waals surface area contributed by atoms with Gasteiger partial charge in [0.2, 0.25) is 0 Å². The van der Waals surface area contributed by atoms with E-state index in [1.165, 1.54) is 22.3 Å². The molecule has 6 aromatic carbocycles. The Labute approximate surface area is 259 Å². The first-order chi connectivity index (χ1) is 21.8. The molecular formula is C41H31N3. The van der Waals surface area contributed by atoms with Gasteiger partial charge in [0.05, 0.1) is 11.9 Å². The molecule has 0 saturated carbocycles. The van der Waals surface area contributed by atoms with Crippen LogP contribution in [0.25, 0.3) is 22.3 Å². The first-order valence-corrected chi connectivity index (χ1v) is 14.8. The highest BCUT2D eigenvalue weighted by molar-refractivity contribution is 5.80. The van der Waals surface area contributed by atoms with Crippen LogP contribution in [0.1, 0.15) is 0 Å². The third kappa shape index (κ3) is 5.72. The Kier molecular flexibility index (Phi) is 7.66. The Morgan fingerprint density at radius 3 is 0.909 bits per heavy atom. The lowest BCUT2D eigenvalue weighted by Crippen LogP contribution is -2.09. The van der Waals surface area contributed by atoms with Gasteiger partial charge in [0.25, 0.3) is 0 Å². The van der Waals surface area contributed by atoms with Gasteiger partial charge in [-0.3, -0.25) is 4.98 Å². The smallest absolute Gasteiger partial charge is 0.0644 e. The summed E-state index contributed by atoms with van der Waals surface area (Å²) in [7, 11) is 0. The van der Waals surface area contributed by atoms with Gasteiger partial charge in [0.1, 0.15) is 0 Å². The molecule has 0 spiro atoms. The number of hydrogen-bond donors (Lipinski definition) is 0. The third-order valence-electron chi connectivity index (χ3n) is 7.75. The van der Waals surface area contributed by atoms with E-state index in [0.717, 1.165) is 34.1 Å². The highest BCUT2D eigenvalue weighted by Gasteiger charge is 2.14. The molecule has 0 unspecified atom stereocenters. The van der Waals surface area contributed by atoms with Gasteiger partial charge in [-0.1, -0.05) is 103 Å². The van der Waals surface area contributed by atoms with Crippen molar-refractivity contribution in [1.29, 1.82) is 0 Å². The standard InChI is InChI=1S/C41H31N3/c1-4-11-36(12-5-1)43(37-13-6-2-7-14-37)39-26-22-34(23-27-39)32-18-20-33(21-19-32)35-24-28-40(29-25-35)44(38-15-8-3-9-16-38)41-17-10-30-42-31-41/h1-31H. The summed E-state index contributed by atoms with van der Waals surface area (Å²) in [5.74, 6) is 0. The van der Waals surface area contributed by atoms with E-state index in [1.807, 2.05) is 18.3 Å². The Bertz CT molecular complexity index is 1680. The van der Waals surface area contributed by atoms with Crippen LogP contribution in [0.4, 0.5) is 34.1 Å². The summed E-state index contributed by atoms with van der Waals surface area (Å²) in [6.45, 7) is 0. The molecule has 0 N–H and O–H groups in total. The number of aromatic nitrogens is 1. The van der Waals surface area contributed by atoms with Gasteiger partial charge in [-0.05, 0) is 95.1 Å². The van der Waals surface area contributed by atoms with Crippen molar-refractivity contribution in [3.63, 3.8) is 0 Å². The fraction of sp³-hybridized carbons (Fsp3) is 0. The number of anilines is 6. The molecule has 0 aliphatic heterocycles. The van der Waals surface area contributed by atoms with E-state index >= 15 is 0 Å². The Hall–Kier alpha value is -5.93. The number of para-hydroxylation sites is 3. The van der Waals surface area contributed by atoms with E-state index < -0.39 is 0 Å². The van der Waals surface area contributed by atoms with Crippen LogP contribution in [-0.4, -0.2) is 4.98 Å².